The summed E-state index contributed by atoms with van der Waals surface area (Å²) < 4.78 is 10.7. The van der Waals surface area contributed by atoms with E-state index in [1.807, 2.05) is 18.2 Å². The Labute approximate surface area is 206 Å². The van der Waals surface area contributed by atoms with Crippen LogP contribution in [-0.4, -0.2) is 35.9 Å². The summed E-state index contributed by atoms with van der Waals surface area (Å²) in [4.78, 5) is 27.9. The lowest BCUT2D eigenvalue weighted by Crippen LogP contribution is -2.29. The fourth-order valence-electron chi connectivity index (χ4n) is 4.01. The van der Waals surface area contributed by atoms with Crippen molar-refractivity contribution < 1.29 is 24.2 Å². The van der Waals surface area contributed by atoms with E-state index in [1.54, 1.807) is 42.5 Å². The van der Waals surface area contributed by atoms with Crippen molar-refractivity contribution >= 4 is 40.7 Å². The molecule has 6 nitrogen and oxygen atoms in total. The number of halogens is 2. The van der Waals surface area contributed by atoms with E-state index in [-0.39, 0.29) is 28.5 Å². The molecule has 8 heteroatoms. The molecule has 0 aliphatic carbocycles. The average molecular weight is 498 g/mol. The molecule has 174 valence electrons. The van der Waals surface area contributed by atoms with Crippen LogP contribution >= 0.6 is 23.2 Å². The molecule has 4 rings (SSSR count). The maximum absolute atomic E-state index is 13.3. The van der Waals surface area contributed by atoms with Gasteiger partial charge in [0.1, 0.15) is 17.3 Å². The largest absolute Gasteiger partial charge is 0.507 e. The molecule has 0 bridgehead atoms. The highest BCUT2D eigenvalue weighted by Gasteiger charge is 2.46. The van der Waals surface area contributed by atoms with Gasteiger partial charge in [-0.25, -0.2) is 0 Å². The van der Waals surface area contributed by atoms with Gasteiger partial charge < -0.3 is 19.5 Å². The normalized spacial score (nSPS) is 17.2. The quantitative estimate of drug-likeness (QED) is 0.271. The minimum atomic E-state index is -0.871. The van der Waals surface area contributed by atoms with Crippen molar-refractivity contribution in [2.75, 3.05) is 14.2 Å². The molecular formula is C26H21Cl2NO5. The zero-order valence-corrected chi connectivity index (χ0v) is 19.9. The highest BCUT2D eigenvalue weighted by Crippen LogP contribution is 2.42. The number of aliphatic hydroxyl groups is 1. The van der Waals surface area contributed by atoms with Gasteiger partial charge in [-0.15, -0.1) is 0 Å². The third kappa shape index (κ3) is 4.34. The van der Waals surface area contributed by atoms with Crippen LogP contribution < -0.4 is 9.47 Å². The average Bonchev–Trinajstić information content (AvgIpc) is 3.09. The number of likely N-dealkylation sites (tertiary alicyclic amines) is 1. The summed E-state index contributed by atoms with van der Waals surface area (Å²) >= 11 is 12.4. The molecule has 1 aliphatic heterocycles. The molecule has 1 N–H and O–H groups in total. The number of ketones is 1. The maximum atomic E-state index is 13.3. The smallest absolute Gasteiger partial charge is 0.295 e. The van der Waals surface area contributed by atoms with Crippen LogP contribution in [0.1, 0.15) is 22.7 Å². The minimum absolute atomic E-state index is 0.0719. The number of para-hydroxylation sites is 1. The standard InChI is InChI=1S/C26H21Cl2NO5/c1-33-18-11-12-20(28)19(13-18)24(30)22-23(15-7-9-17(27)10-8-15)29(26(32)25(22)31)14-16-5-3-4-6-21(16)34-2/h3-13,23,30H,14H2,1-2H3/b24-22+. The van der Waals surface area contributed by atoms with Gasteiger partial charge in [0.05, 0.1) is 37.4 Å². The second-order valence-electron chi connectivity index (χ2n) is 7.64. The van der Waals surface area contributed by atoms with E-state index in [0.29, 0.717) is 27.6 Å². The summed E-state index contributed by atoms with van der Waals surface area (Å²) in [6.07, 6.45) is 0. The Morgan fingerprint density at radius 3 is 2.35 bits per heavy atom. The van der Waals surface area contributed by atoms with E-state index in [2.05, 4.69) is 0 Å². The molecule has 0 spiro atoms. The predicted octanol–water partition coefficient (Wildman–Crippen LogP) is 5.63. The molecule has 1 amide bonds. The number of benzene rings is 3. The third-order valence-electron chi connectivity index (χ3n) is 5.69. The van der Waals surface area contributed by atoms with Crippen LogP contribution in [-0.2, 0) is 16.1 Å². The number of methoxy groups -OCH3 is 2. The number of hydrogen-bond acceptors (Lipinski definition) is 5. The van der Waals surface area contributed by atoms with Gasteiger partial charge in [-0.05, 0) is 42.0 Å². The van der Waals surface area contributed by atoms with Crippen molar-refractivity contribution in [2.24, 2.45) is 0 Å². The van der Waals surface area contributed by atoms with Crippen molar-refractivity contribution in [1.82, 2.24) is 4.90 Å². The predicted molar refractivity (Wildman–Crippen MR) is 130 cm³/mol. The Bertz CT molecular complexity index is 1290. The summed E-state index contributed by atoms with van der Waals surface area (Å²) in [6.45, 7) is 0.0878. The monoisotopic (exact) mass is 497 g/mol. The molecule has 0 aromatic heterocycles. The van der Waals surface area contributed by atoms with Crippen LogP contribution in [0.3, 0.4) is 0 Å². The summed E-state index contributed by atoms with van der Waals surface area (Å²) in [6, 6.07) is 17.8. The van der Waals surface area contributed by atoms with Crippen LogP contribution in [0.2, 0.25) is 10.0 Å². The molecule has 3 aromatic rings. The Kier molecular flexibility index (Phi) is 6.82. The molecule has 0 radical (unpaired) electrons. The Hall–Kier alpha value is -3.48. The molecule has 1 aliphatic rings. The van der Waals surface area contributed by atoms with Crippen molar-refractivity contribution in [3.05, 3.63) is 99.0 Å². The van der Waals surface area contributed by atoms with Gasteiger partial charge in [0, 0.05) is 16.1 Å². The Balaban J connectivity index is 1.90. The number of carbonyl (C=O) groups is 2. The number of aliphatic hydroxyl groups excluding tert-OH is 1. The van der Waals surface area contributed by atoms with Gasteiger partial charge >= 0.3 is 0 Å². The van der Waals surface area contributed by atoms with E-state index >= 15 is 0 Å². The van der Waals surface area contributed by atoms with E-state index in [4.69, 9.17) is 32.7 Å². The Morgan fingerprint density at radius 1 is 0.971 bits per heavy atom. The van der Waals surface area contributed by atoms with Crippen molar-refractivity contribution in [1.29, 1.82) is 0 Å². The van der Waals surface area contributed by atoms with Crippen LogP contribution in [0.25, 0.3) is 5.76 Å². The third-order valence-corrected chi connectivity index (χ3v) is 6.27. The number of carbonyl (C=O) groups excluding carboxylic acids is 2. The van der Waals surface area contributed by atoms with E-state index in [1.165, 1.54) is 25.2 Å². The molecule has 1 saturated heterocycles. The molecule has 34 heavy (non-hydrogen) atoms. The van der Waals surface area contributed by atoms with Gasteiger partial charge in [-0.2, -0.15) is 0 Å². The van der Waals surface area contributed by atoms with Gasteiger partial charge in [-0.1, -0.05) is 53.5 Å². The number of amides is 1. The SMILES string of the molecule is COc1ccc(Cl)c(/C(O)=C2\C(=O)C(=O)N(Cc3ccccc3OC)C2c2ccc(Cl)cc2)c1. The van der Waals surface area contributed by atoms with Crippen molar-refractivity contribution in [2.45, 2.75) is 12.6 Å². The molecule has 1 atom stereocenters. The van der Waals surface area contributed by atoms with E-state index in [0.717, 1.165) is 0 Å². The molecule has 1 heterocycles. The van der Waals surface area contributed by atoms with Gasteiger partial charge in [-0.3, -0.25) is 9.59 Å². The topological polar surface area (TPSA) is 76.1 Å². The first kappa shape index (κ1) is 23.7. The lowest BCUT2D eigenvalue weighted by molar-refractivity contribution is -0.140. The first-order chi connectivity index (χ1) is 16.3. The van der Waals surface area contributed by atoms with Crippen molar-refractivity contribution in [3.8, 4) is 11.5 Å². The number of nitrogens with zero attached hydrogens (tertiary/aromatic N) is 1. The molecular weight excluding hydrogens is 477 g/mol. The molecule has 0 saturated carbocycles. The number of ether oxygens (including phenoxy) is 2. The molecule has 1 fully saturated rings. The fraction of sp³-hybridized carbons (Fsp3) is 0.154. The Morgan fingerprint density at radius 2 is 1.68 bits per heavy atom. The van der Waals surface area contributed by atoms with E-state index < -0.39 is 17.7 Å². The zero-order valence-electron chi connectivity index (χ0n) is 18.4. The lowest BCUT2D eigenvalue weighted by atomic mass is 9.95. The minimum Gasteiger partial charge on any atom is -0.507 e. The summed E-state index contributed by atoms with van der Waals surface area (Å²) in [5.74, 6) is -0.922. The van der Waals surface area contributed by atoms with Crippen LogP contribution in [0.15, 0.2) is 72.3 Å². The fourth-order valence-corrected chi connectivity index (χ4v) is 4.34. The van der Waals surface area contributed by atoms with Crippen LogP contribution in [0.4, 0.5) is 0 Å². The van der Waals surface area contributed by atoms with Crippen LogP contribution in [0.5, 0.6) is 11.5 Å². The first-order valence-electron chi connectivity index (χ1n) is 10.4. The summed E-state index contributed by atoms with van der Waals surface area (Å²) in [5, 5.41) is 12.0. The lowest BCUT2D eigenvalue weighted by Gasteiger charge is -2.26. The van der Waals surface area contributed by atoms with Gasteiger partial charge in [0.2, 0.25) is 0 Å². The maximum Gasteiger partial charge on any atom is 0.295 e. The second kappa shape index (κ2) is 9.79. The number of rotatable bonds is 6. The van der Waals surface area contributed by atoms with Crippen LogP contribution in [0, 0.1) is 0 Å². The number of Topliss-reactive ketones (excluding diaryl/α,β-unsaturated/α-hetero) is 1. The molecule has 1 unspecified atom stereocenters. The van der Waals surface area contributed by atoms with Gasteiger partial charge in [0.25, 0.3) is 11.7 Å². The van der Waals surface area contributed by atoms with Crippen molar-refractivity contribution in [3.63, 3.8) is 0 Å². The summed E-state index contributed by atoms with van der Waals surface area (Å²) in [5.41, 5.74) is 1.44. The highest BCUT2D eigenvalue weighted by atomic mass is 35.5. The first-order valence-corrected chi connectivity index (χ1v) is 11.1. The summed E-state index contributed by atoms with van der Waals surface area (Å²) in [7, 11) is 3.02. The number of hydrogen-bond donors (Lipinski definition) is 1. The van der Waals surface area contributed by atoms with E-state index in [9.17, 15) is 14.7 Å². The zero-order chi connectivity index (χ0) is 24.4. The molecule has 3 aromatic carbocycles. The van der Waals surface area contributed by atoms with Gasteiger partial charge in [0.15, 0.2) is 0 Å². The highest BCUT2D eigenvalue weighted by molar-refractivity contribution is 6.47. The second-order valence-corrected chi connectivity index (χ2v) is 8.48.